The van der Waals surface area contributed by atoms with Gasteiger partial charge in [-0.2, -0.15) is 13.9 Å². The van der Waals surface area contributed by atoms with Crippen LogP contribution in [0.15, 0.2) is 73.4 Å². The van der Waals surface area contributed by atoms with Crippen LogP contribution in [-0.2, 0) is 6.42 Å². The van der Waals surface area contributed by atoms with Gasteiger partial charge in [0.25, 0.3) is 6.33 Å². The van der Waals surface area contributed by atoms with E-state index in [4.69, 9.17) is 23.2 Å². The molecule has 1 atom stereocenters. The minimum Gasteiger partial charge on any atom is -0.263 e. The number of benzene rings is 2. The minimum absolute atomic E-state index is 0.0295. The lowest BCUT2D eigenvalue weighted by molar-refractivity contribution is -0.659. The molecule has 0 amide bonds. The number of tetrazole rings is 1. The second kappa shape index (κ2) is 11.3. The molecule has 0 saturated heterocycles. The summed E-state index contributed by atoms with van der Waals surface area (Å²) in [5.74, 6) is -1.04. The molecule has 16 heteroatoms. The molecular formula is C26H17Cl2F4N10+. The molecule has 0 bridgehead atoms. The van der Waals surface area contributed by atoms with Crippen LogP contribution < -0.4 is 4.68 Å². The Balaban J connectivity index is 1.39. The number of nitrogens with zero attached hydrogens (tertiary/aromatic N) is 9. The molecular weight excluding hydrogens is 599 g/mol. The van der Waals surface area contributed by atoms with E-state index in [1.165, 1.54) is 41.6 Å². The van der Waals surface area contributed by atoms with Crippen molar-refractivity contribution in [2.24, 2.45) is 0 Å². The predicted octanol–water partition coefficient (Wildman–Crippen LogP) is 5.41. The van der Waals surface area contributed by atoms with Crippen molar-refractivity contribution in [3.05, 3.63) is 107 Å². The Morgan fingerprint density at radius 2 is 1.74 bits per heavy atom. The van der Waals surface area contributed by atoms with Gasteiger partial charge < -0.3 is 0 Å². The first-order valence-corrected chi connectivity index (χ1v) is 13.0. The van der Waals surface area contributed by atoms with Crippen molar-refractivity contribution in [2.75, 3.05) is 0 Å². The third kappa shape index (κ3) is 5.33. The Morgan fingerprint density at radius 1 is 0.929 bits per heavy atom. The fourth-order valence-electron chi connectivity index (χ4n) is 4.44. The van der Waals surface area contributed by atoms with Gasteiger partial charge in [-0.15, -0.1) is 19.7 Å². The molecule has 6 rings (SSSR count). The highest BCUT2D eigenvalue weighted by molar-refractivity contribution is 6.31. The van der Waals surface area contributed by atoms with E-state index in [0.29, 0.717) is 28.9 Å². The molecule has 10 nitrogen and oxygen atoms in total. The number of H-pyrrole nitrogens is 1. The Bertz CT molecular complexity index is 1840. The van der Waals surface area contributed by atoms with E-state index in [9.17, 15) is 13.2 Å². The molecule has 4 heterocycles. The van der Waals surface area contributed by atoms with Gasteiger partial charge in [0.1, 0.15) is 22.3 Å². The smallest absolute Gasteiger partial charge is 0.263 e. The van der Waals surface area contributed by atoms with Crippen LogP contribution in [-0.4, -0.2) is 45.3 Å². The van der Waals surface area contributed by atoms with Crippen LogP contribution in [0.3, 0.4) is 0 Å². The largest absolute Gasteiger partial charge is 0.348 e. The third-order valence-electron chi connectivity index (χ3n) is 6.43. The molecule has 212 valence electrons. The molecule has 1 N–H and O–H groups in total. The maximum absolute atomic E-state index is 15.3. The normalized spacial score (nSPS) is 12.3. The highest BCUT2D eigenvalue weighted by atomic mass is 35.5. The highest BCUT2D eigenvalue weighted by Gasteiger charge is 2.24. The Kier molecular flexibility index (Phi) is 7.39. The van der Waals surface area contributed by atoms with Gasteiger partial charge in [0.05, 0.1) is 28.5 Å². The van der Waals surface area contributed by atoms with Crippen LogP contribution in [0.2, 0.25) is 10.2 Å². The lowest BCUT2D eigenvalue weighted by Crippen LogP contribution is -2.33. The van der Waals surface area contributed by atoms with Crippen molar-refractivity contribution in [1.82, 2.24) is 45.3 Å². The first kappa shape index (κ1) is 27.5. The molecule has 0 fully saturated rings. The van der Waals surface area contributed by atoms with Gasteiger partial charge in [-0.05, 0) is 35.9 Å². The molecule has 2 aromatic carbocycles. The summed E-state index contributed by atoms with van der Waals surface area (Å²) in [6, 6.07) is 11.8. The molecule has 0 aliphatic heterocycles. The van der Waals surface area contributed by atoms with E-state index < -0.39 is 18.4 Å². The van der Waals surface area contributed by atoms with E-state index in [-0.39, 0.29) is 32.0 Å². The fourth-order valence-corrected chi connectivity index (χ4v) is 4.82. The number of nitrogens with one attached hydrogen (secondary N) is 1. The van der Waals surface area contributed by atoms with Crippen LogP contribution in [0.5, 0.6) is 0 Å². The lowest BCUT2D eigenvalue weighted by Gasteiger charge is -2.18. The molecule has 0 spiro atoms. The molecule has 42 heavy (non-hydrogen) atoms. The number of halogens is 6. The predicted molar refractivity (Wildman–Crippen MR) is 142 cm³/mol. The standard InChI is InChI=1S/C26H16Cl2F4N10/c27-18-6-8-20(41-13-34-38-39-41)22(23(18)30)15-3-7-19(33-10-15)21(9-14-1-4-17(29)5-2-14)40-12-16(11-35-40)24-25(28)37-42(36-24)26(31)32/h1-8,10-13,21,26H,9H2/p+1/t21-/m0/s1. The van der Waals surface area contributed by atoms with Gasteiger partial charge in [-0.3, -0.25) is 9.67 Å². The molecule has 0 radical (unpaired) electrons. The summed E-state index contributed by atoms with van der Waals surface area (Å²) in [5, 5.41) is 21.5. The molecule has 0 aliphatic rings. The van der Waals surface area contributed by atoms with Crippen molar-refractivity contribution in [3.8, 4) is 28.1 Å². The molecule has 0 aliphatic carbocycles. The van der Waals surface area contributed by atoms with Crippen LogP contribution in [0.1, 0.15) is 23.8 Å². The second-order valence-corrected chi connectivity index (χ2v) is 9.79. The van der Waals surface area contributed by atoms with Crippen LogP contribution in [0, 0.1) is 11.6 Å². The maximum Gasteiger partial charge on any atom is 0.348 e. The first-order chi connectivity index (χ1) is 20.3. The maximum atomic E-state index is 15.3. The highest BCUT2D eigenvalue weighted by Crippen LogP contribution is 2.33. The van der Waals surface area contributed by atoms with Gasteiger partial charge in [0, 0.05) is 29.9 Å². The minimum atomic E-state index is -2.96. The monoisotopic (exact) mass is 615 g/mol. The number of pyridine rings is 1. The summed E-state index contributed by atoms with van der Waals surface area (Å²) < 4.78 is 58.1. The summed E-state index contributed by atoms with van der Waals surface area (Å²) in [6.07, 6.45) is 6.20. The van der Waals surface area contributed by atoms with Crippen LogP contribution in [0.4, 0.5) is 17.6 Å². The van der Waals surface area contributed by atoms with E-state index in [2.05, 4.69) is 35.8 Å². The van der Waals surface area contributed by atoms with Crippen LogP contribution in [0.25, 0.3) is 28.1 Å². The summed E-state index contributed by atoms with van der Waals surface area (Å²) in [6.45, 7) is -2.96. The van der Waals surface area contributed by atoms with Gasteiger partial charge >= 0.3 is 6.55 Å². The Hall–Kier alpha value is -4.69. The quantitative estimate of drug-likeness (QED) is 0.181. The molecule has 4 aromatic heterocycles. The summed E-state index contributed by atoms with van der Waals surface area (Å²) in [4.78, 5) is 4.83. The zero-order valence-corrected chi connectivity index (χ0v) is 22.6. The third-order valence-corrected chi connectivity index (χ3v) is 6.97. The van der Waals surface area contributed by atoms with E-state index >= 15 is 4.39 Å². The van der Waals surface area contributed by atoms with Gasteiger partial charge in [-0.25, -0.2) is 8.78 Å². The number of hydrogen-bond donors (Lipinski definition) is 1. The Labute approximate surface area is 244 Å². The van der Waals surface area contributed by atoms with Crippen molar-refractivity contribution in [1.29, 1.82) is 0 Å². The molecule has 0 saturated carbocycles. The zero-order valence-electron chi connectivity index (χ0n) is 21.1. The average molecular weight is 616 g/mol. The molecule has 6 aromatic rings. The van der Waals surface area contributed by atoms with Gasteiger partial charge in [0.2, 0.25) is 0 Å². The number of hydrogen-bond acceptors (Lipinski definition) is 6. The first-order valence-electron chi connectivity index (χ1n) is 12.2. The van der Waals surface area contributed by atoms with Crippen molar-refractivity contribution in [3.63, 3.8) is 0 Å². The second-order valence-electron chi connectivity index (χ2n) is 9.02. The van der Waals surface area contributed by atoms with Crippen molar-refractivity contribution in [2.45, 2.75) is 19.0 Å². The summed E-state index contributed by atoms with van der Waals surface area (Å²) >= 11 is 12.2. The average Bonchev–Trinajstić information content (AvgIpc) is 3.76. The van der Waals surface area contributed by atoms with E-state index in [0.717, 1.165) is 5.56 Å². The topological polar surface area (TPSA) is 107 Å². The number of aromatic nitrogens is 10. The zero-order chi connectivity index (χ0) is 29.4. The summed E-state index contributed by atoms with van der Waals surface area (Å²) in [5.41, 5.74) is 2.69. The SMILES string of the molecule is Fc1ccc(C[C@@H](c2ccc(-c3c(-[n+]4cnn[nH]4)ccc(Cl)c3F)cn2)n2cc(-c3nn(C(F)F)nc3Cl)cn2)cc1. The van der Waals surface area contributed by atoms with Crippen molar-refractivity contribution < 1.29 is 22.2 Å². The Morgan fingerprint density at radius 3 is 2.40 bits per heavy atom. The van der Waals surface area contributed by atoms with Gasteiger partial charge in [0.15, 0.2) is 16.2 Å². The fraction of sp³-hybridized carbons (Fsp3) is 0.115. The van der Waals surface area contributed by atoms with E-state index in [1.807, 2.05) is 0 Å². The summed E-state index contributed by atoms with van der Waals surface area (Å²) in [7, 11) is 0. The molecule has 0 unspecified atom stereocenters. The number of aromatic amines is 1. The van der Waals surface area contributed by atoms with Crippen molar-refractivity contribution >= 4 is 23.2 Å². The van der Waals surface area contributed by atoms with Gasteiger partial charge in [-0.1, -0.05) is 46.6 Å². The van der Waals surface area contributed by atoms with E-state index in [1.54, 1.807) is 41.2 Å². The lowest BCUT2D eigenvalue weighted by atomic mass is 10.0. The van der Waals surface area contributed by atoms with Crippen LogP contribution >= 0.6 is 23.2 Å². The number of alkyl halides is 2. The number of rotatable bonds is 8.